The molecule has 0 saturated heterocycles. The third-order valence-electron chi connectivity index (χ3n) is 3.16. The topological polar surface area (TPSA) is 38.0 Å². The quantitative estimate of drug-likeness (QED) is 0.666. The minimum Gasteiger partial charge on any atom is -0.271 e. The van der Waals surface area contributed by atoms with E-state index in [0.29, 0.717) is 12.0 Å². The highest BCUT2D eigenvalue weighted by molar-refractivity contribution is 7.12. The number of aryl methyl sites for hydroxylation is 2. The first kappa shape index (κ1) is 14.1. The number of hydrogen-bond donors (Lipinski definition) is 2. The molecule has 3 N–H and O–H groups in total. The van der Waals surface area contributed by atoms with Crippen LogP contribution >= 0.6 is 11.3 Å². The zero-order chi connectivity index (χ0) is 14.0. The summed E-state index contributed by atoms with van der Waals surface area (Å²) < 4.78 is 26.8. The highest BCUT2D eigenvalue weighted by atomic mass is 32.1. The van der Waals surface area contributed by atoms with E-state index in [2.05, 4.69) is 5.43 Å². The summed E-state index contributed by atoms with van der Waals surface area (Å²) in [5.41, 5.74) is 4.18. The Morgan fingerprint density at radius 1 is 1.26 bits per heavy atom. The molecule has 2 aromatic rings. The summed E-state index contributed by atoms with van der Waals surface area (Å²) in [7, 11) is 0. The first-order valence-corrected chi connectivity index (χ1v) is 6.80. The molecule has 0 radical (unpaired) electrons. The van der Waals surface area contributed by atoms with E-state index in [1.807, 2.05) is 19.9 Å². The third-order valence-corrected chi connectivity index (χ3v) is 4.43. The van der Waals surface area contributed by atoms with E-state index in [4.69, 9.17) is 5.84 Å². The molecule has 1 atom stereocenters. The van der Waals surface area contributed by atoms with Crippen molar-refractivity contribution < 1.29 is 8.78 Å². The van der Waals surface area contributed by atoms with Crippen LogP contribution in [0.15, 0.2) is 24.3 Å². The van der Waals surface area contributed by atoms with Crippen LogP contribution in [-0.2, 0) is 6.42 Å². The minimum atomic E-state index is -0.439. The van der Waals surface area contributed by atoms with Gasteiger partial charge in [-0.15, -0.1) is 11.3 Å². The molecule has 2 nitrogen and oxygen atoms in total. The van der Waals surface area contributed by atoms with E-state index in [1.165, 1.54) is 16.5 Å². The van der Waals surface area contributed by atoms with Gasteiger partial charge in [0.25, 0.3) is 0 Å². The Hall–Kier alpha value is -1.30. The Kier molecular flexibility index (Phi) is 4.29. The minimum absolute atomic E-state index is 0.214. The molecule has 102 valence electrons. The normalized spacial score (nSPS) is 12.7. The summed E-state index contributed by atoms with van der Waals surface area (Å²) in [5, 5.41) is 0. The number of halogens is 2. The smallest absolute Gasteiger partial charge is 0.126 e. The second kappa shape index (κ2) is 5.77. The second-order valence-corrected chi connectivity index (χ2v) is 5.83. The zero-order valence-electron chi connectivity index (χ0n) is 10.8. The highest BCUT2D eigenvalue weighted by Crippen LogP contribution is 2.29. The largest absolute Gasteiger partial charge is 0.271 e. The molecule has 0 bridgehead atoms. The van der Waals surface area contributed by atoms with Crippen LogP contribution in [0, 0.1) is 25.5 Å². The van der Waals surface area contributed by atoms with E-state index in [1.54, 1.807) is 11.3 Å². The summed E-state index contributed by atoms with van der Waals surface area (Å²) in [6, 6.07) is 5.29. The van der Waals surface area contributed by atoms with Crippen molar-refractivity contribution in [2.45, 2.75) is 26.3 Å². The van der Waals surface area contributed by atoms with Crippen molar-refractivity contribution in [1.29, 1.82) is 0 Å². The van der Waals surface area contributed by atoms with Crippen LogP contribution < -0.4 is 11.3 Å². The maximum Gasteiger partial charge on any atom is 0.126 e. The first-order chi connectivity index (χ1) is 9.01. The maximum atomic E-state index is 13.6. The van der Waals surface area contributed by atoms with Gasteiger partial charge in [-0.25, -0.2) is 8.78 Å². The van der Waals surface area contributed by atoms with Gasteiger partial charge in [-0.1, -0.05) is 0 Å². The number of rotatable bonds is 4. The molecule has 0 aliphatic carbocycles. The van der Waals surface area contributed by atoms with Crippen LogP contribution in [0.25, 0.3) is 0 Å². The summed E-state index contributed by atoms with van der Waals surface area (Å²) in [5.74, 6) is 4.69. The van der Waals surface area contributed by atoms with E-state index in [0.717, 1.165) is 17.0 Å². The van der Waals surface area contributed by atoms with Gasteiger partial charge in [-0.2, -0.15) is 0 Å². The van der Waals surface area contributed by atoms with Crippen LogP contribution in [0.5, 0.6) is 0 Å². The van der Waals surface area contributed by atoms with E-state index < -0.39 is 11.6 Å². The molecule has 0 aliphatic heterocycles. The van der Waals surface area contributed by atoms with Gasteiger partial charge in [-0.3, -0.25) is 11.3 Å². The van der Waals surface area contributed by atoms with E-state index in [9.17, 15) is 8.78 Å². The van der Waals surface area contributed by atoms with Crippen molar-refractivity contribution >= 4 is 11.3 Å². The monoisotopic (exact) mass is 282 g/mol. The van der Waals surface area contributed by atoms with Crippen LogP contribution in [0.4, 0.5) is 8.78 Å². The van der Waals surface area contributed by atoms with Gasteiger partial charge >= 0.3 is 0 Å². The van der Waals surface area contributed by atoms with Gasteiger partial charge in [0.2, 0.25) is 0 Å². The standard InChI is InChI=1S/C14H16F2N2S/c1-8-5-14(19-9(8)2)13(18-17)7-10-6-11(15)3-4-12(10)16/h3-6,13,18H,7,17H2,1-2H3. The van der Waals surface area contributed by atoms with Crippen molar-refractivity contribution in [2.24, 2.45) is 5.84 Å². The van der Waals surface area contributed by atoms with Crippen molar-refractivity contribution in [3.8, 4) is 0 Å². The van der Waals surface area contributed by atoms with Gasteiger partial charge < -0.3 is 0 Å². The Labute approximate surface area is 115 Å². The van der Waals surface area contributed by atoms with Crippen LogP contribution in [0.1, 0.15) is 26.9 Å². The lowest BCUT2D eigenvalue weighted by atomic mass is 10.0. The predicted octanol–water partition coefficient (Wildman–Crippen LogP) is 3.39. The van der Waals surface area contributed by atoms with Crippen molar-refractivity contribution in [3.05, 3.63) is 56.8 Å². The number of nitrogens with two attached hydrogens (primary N) is 1. The van der Waals surface area contributed by atoms with Gasteiger partial charge in [0.15, 0.2) is 0 Å². The number of hydrogen-bond acceptors (Lipinski definition) is 3. The van der Waals surface area contributed by atoms with Crippen molar-refractivity contribution in [2.75, 3.05) is 0 Å². The summed E-state index contributed by atoms with van der Waals surface area (Å²) >= 11 is 1.62. The molecular formula is C14H16F2N2S. The zero-order valence-corrected chi connectivity index (χ0v) is 11.7. The molecule has 19 heavy (non-hydrogen) atoms. The fraction of sp³-hybridized carbons (Fsp3) is 0.286. The lowest BCUT2D eigenvalue weighted by molar-refractivity contribution is 0.528. The molecule has 1 heterocycles. The van der Waals surface area contributed by atoms with Gasteiger partial charge in [0.05, 0.1) is 6.04 Å². The second-order valence-electron chi connectivity index (χ2n) is 4.55. The number of thiophene rings is 1. The SMILES string of the molecule is Cc1cc(C(Cc2cc(F)ccc2F)NN)sc1C. The molecular weight excluding hydrogens is 266 g/mol. The molecule has 1 unspecified atom stereocenters. The van der Waals surface area contributed by atoms with Crippen molar-refractivity contribution in [3.63, 3.8) is 0 Å². The van der Waals surface area contributed by atoms with Crippen molar-refractivity contribution in [1.82, 2.24) is 5.43 Å². The lowest BCUT2D eigenvalue weighted by Crippen LogP contribution is -2.29. The van der Waals surface area contributed by atoms with Crippen LogP contribution in [0.3, 0.4) is 0 Å². The van der Waals surface area contributed by atoms with Gasteiger partial charge in [-0.05, 0) is 55.7 Å². The highest BCUT2D eigenvalue weighted by Gasteiger charge is 2.16. The summed E-state index contributed by atoms with van der Waals surface area (Å²) in [6.07, 6.45) is 0.319. The molecule has 0 fully saturated rings. The van der Waals surface area contributed by atoms with Crippen LogP contribution in [0.2, 0.25) is 0 Å². The average Bonchev–Trinajstić information content (AvgIpc) is 2.70. The van der Waals surface area contributed by atoms with Gasteiger partial charge in [0, 0.05) is 9.75 Å². The fourth-order valence-electron chi connectivity index (χ4n) is 1.93. The molecule has 0 saturated carbocycles. The molecule has 0 spiro atoms. The van der Waals surface area contributed by atoms with Crippen LogP contribution in [-0.4, -0.2) is 0 Å². The Morgan fingerprint density at radius 2 is 2.00 bits per heavy atom. The Morgan fingerprint density at radius 3 is 2.58 bits per heavy atom. The van der Waals surface area contributed by atoms with E-state index in [-0.39, 0.29) is 6.04 Å². The molecule has 1 aromatic heterocycles. The maximum absolute atomic E-state index is 13.6. The molecule has 0 aliphatic rings. The van der Waals surface area contributed by atoms with E-state index >= 15 is 0 Å². The molecule has 1 aromatic carbocycles. The summed E-state index contributed by atoms with van der Waals surface area (Å²) in [6.45, 7) is 4.05. The molecule has 5 heteroatoms. The molecule has 0 amide bonds. The Bertz CT molecular complexity index is 561. The molecule has 2 rings (SSSR count). The average molecular weight is 282 g/mol. The number of benzene rings is 1. The third kappa shape index (κ3) is 3.18. The fourth-order valence-corrected chi connectivity index (χ4v) is 3.04. The Balaban J connectivity index is 2.26. The lowest BCUT2D eigenvalue weighted by Gasteiger charge is -2.14. The first-order valence-electron chi connectivity index (χ1n) is 5.98. The number of nitrogens with one attached hydrogen (secondary N) is 1. The summed E-state index contributed by atoms with van der Waals surface area (Å²) in [4.78, 5) is 2.23. The van der Waals surface area contributed by atoms with Gasteiger partial charge in [0.1, 0.15) is 11.6 Å². The number of hydrazine groups is 1. The predicted molar refractivity (Wildman–Crippen MR) is 73.9 cm³/mol.